The molecule has 1 amide bonds. The molecule has 0 atom stereocenters. The lowest BCUT2D eigenvalue weighted by Gasteiger charge is -2.11. The number of nitrogens with one attached hydrogen (secondary N) is 2. The van der Waals surface area contributed by atoms with Crippen LogP contribution in [0.1, 0.15) is 19.3 Å². The predicted octanol–water partition coefficient (Wildman–Crippen LogP) is 0.413. The summed E-state index contributed by atoms with van der Waals surface area (Å²) in [4.78, 5) is 15.7. The maximum atomic E-state index is 11.9. The summed E-state index contributed by atoms with van der Waals surface area (Å²) in [5.41, 5.74) is 0. The monoisotopic (exact) mass is 312 g/mol. The van der Waals surface area contributed by atoms with Crippen LogP contribution in [0.15, 0.2) is 23.2 Å². The highest BCUT2D eigenvalue weighted by atomic mass is 32.2. The van der Waals surface area contributed by atoms with E-state index in [1.54, 1.807) is 6.07 Å². The molecule has 2 rings (SSSR count). The predicted molar refractivity (Wildman–Crippen MR) is 79.4 cm³/mol. The normalized spacial score (nSPS) is 15.0. The summed E-state index contributed by atoms with van der Waals surface area (Å²) in [6.07, 6.45) is 3.82. The van der Waals surface area contributed by atoms with Gasteiger partial charge in [-0.15, -0.1) is 0 Å². The first-order valence-electron chi connectivity index (χ1n) is 6.81. The fourth-order valence-corrected chi connectivity index (χ4v) is 2.53. The van der Waals surface area contributed by atoms with Crippen LogP contribution in [0.5, 0.6) is 0 Å². The van der Waals surface area contributed by atoms with E-state index in [9.17, 15) is 13.2 Å². The Bertz CT molecular complexity index is 594. The molecule has 0 aromatic carbocycles. The summed E-state index contributed by atoms with van der Waals surface area (Å²) < 4.78 is 24.9. The van der Waals surface area contributed by atoms with Crippen molar-refractivity contribution in [2.75, 3.05) is 26.0 Å². The van der Waals surface area contributed by atoms with Gasteiger partial charge in [0.05, 0.1) is 0 Å². The molecule has 7 nitrogen and oxygen atoms in total. The zero-order valence-electron chi connectivity index (χ0n) is 12.2. The second kappa shape index (κ2) is 6.40. The van der Waals surface area contributed by atoms with Crippen LogP contribution >= 0.6 is 0 Å². The summed E-state index contributed by atoms with van der Waals surface area (Å²) in [7, 11) is -0.511. The lowest BCUT2D eigenvalue weighted by atomic mass is 10.3. The molecule has 0 radical (unpaired) electrons. The third-order valence-electron chi connectivity index (χ3n) is 3.12. The van der Waals surface area contributed by atoms with Crippen LogP contribution in [0, 0.1) is 0 Å². The van der Waals surface area contributed by atoms with Gasteiger partial charge >= 0.3 is 0 Å². The second-order valence-corrected chi connectivity index (χ2v) is 7.34. The van der Waals surface area contributed by atoms with Gasteiger partial charge in [-0.25, -0.2) is 17.7 Å². The Morgan fingerprint density at radius 3 is 2.62 bits per heavy atom. The number of carbonyl (C=O) groups is 1. The molecule has 1 aromatic rings. The van der Waals surface area contributed by atoms with Gasteiger partial charge in [-0.3, -0.25) is 4.79 Å². The van der Waals surface area contributed by atoms with Crippen LogP contribution in [0.4, 0.5) is 5.82 Å². The van der Waals surface area contributed by atoms with Gasteiger partial charge in [0.1, 0.15) is 10.7 Å². The summed E-state index contributed by atoms with van der Waals surface area (Å²) in [6.45, 7) is 0.464. The van der Waals surface area contributed by atoms with E-state index < -0.39 is 10.0 Å². The van der Waals surface area contributed by atoms with Crippen molar-refractivity contribution in [3.8, 4) is 0 Å². The molecule has 0 unspecified atom stereocenters. The molecule has 1 aromatic heterocycles. The molecule has 1 saturated carbocycles. The molecular formula is C13H20N4O3S. The third kappa shape index (κ3) is 4.40. The third-order valence-corrected chi connectivity index (χ3v) is 4.91. The van der Waals surface area contributed by atoms with Crippen LogP contribution in [0.3, 0.4) is 0 Å². The van der Waals surface area contributed by atoms with Crippen LogP contribution in [-0.4, -0.2) is 50.3 Å². The zero-order chi connectivity index (χ0) is 15.5. The van der Waals surface area contributed by atoms with Crippen molar-refractivity contribution < 1.29 is 13.2 Å². The van der Waals surface area contributed by atoms with E-state index in [4.69, 9.17) is 0 Å². The van der Waals surface area contributed by atoms with Crippen molar-refractivity contribution >= 4 is 21.7 Å². The molecule has 0 bridgehead atoms. The first-order chi connectivity index (χ1) is 9.89. The molecule has 116 valence electrons. The maximum Gasteiger partial charge on any atom is 0.244 e. The highest BCUT2D eigenvalue weighted by molar-refractivity contribution is 7.89. The zero-order valence-corrected chi connectivity index (χ0v) is 13.0. The van der Waals surface area contributed by atoms with Crippen molar-refractivity contribution in [2.24, 2.45) is 0 Å². The topological polar surface area (TPSA) is 91.4 Å². The number of sulfonamides is 1. The first kappa shape index (κ1) is 15.7. The van der Waals surface area contributed by atoms with E-state index in [1.807, 2.05) is 0 Å². The number of hydrogen-bond donors (Lipinski definition) is 2. The highest BCUT2D eigenvalue weighted by Crippen LogP contribution is 2.18. The quantitative estimate of drug-likeness (QED) is 0.761. The van der Waals surface area contributed by atoms with E-state index in [-0.39, 0.29) is 10.8 Å². The minimum Gasteiger partial charge on any atom is -0.370 e. The number of aromatic nitrogens is 1. The number of rotatable bonds is 7. The van der Waals surface area contributed by atoms with Gasteiger partial charge in [-0.1, -0.05) is 0 Å². The lowest BCUT2D eigenvalue weighted by molar-refractivity contribution is -0.120. The van der Waals surface area contributed by atoms with Crippen LogP contribution in [0.25, 0.3) is 0 Å². The van der Waals surface area contributed by atoms with Crippen LogP contribution < -0.4 is 10.6 Å². The van der Waals surface area contributed by atoms with E-state index in [0.29, 0.717) is 24.8 Å². The van der Waals surface area contributed by atoms with Crippen LogP contribution in [0.2, 0.25) is 0 Å². The smallest absolute Gasteiger partial charge is 0.244 e. The number of carbonyl (C=O) groups excluding carboxylic acids is 1. The second-order valence-electron chi connectivity index (χ2n) is 5.19. The summed E-state index contributed by atoms with van der Waals surface area (Å²) in [5.74, 6) is 0.573. The Morgan fingerprint density at radius 2 is 2.10 bits per heavy atom. The minimum absolute atomic E-state index is 0.0248. The van der Waals surface area contributed by atoms with Crippen molar-refractivity contribution in [1.82, 2.24) is 14.6 Å². The largest absolute Gasteiger partial charge is 0.370 e. The molecule has 0 spiro atoms. The Balaban J connectivity index is 1.83. The standard InChI is InChI=1S/C13H20N4O3S/c1-17(2)21(19,20)11-5-6-12(15-9-11)14-8-7-13(18)16-10-3-4-10/h5-6,9-10H,3-4,7-8H2,1-2H3,(H,14,15)(H,16,18). The molecular weight excluding hydrogens is 292 g/mol. The number of pyridine rings is 1. The summed E-state index contributed by atoms with van der Waals surface area (Å²) in [6, 6.07) is 3.45. The van der Waals surface area contributed by atoms with E-state index in [0.717, 1.165) is 17.1 Å². The van der Waals surface area contributed by atoms with Gasteiger partial charge in [-0.05, 0) is 25.0 Å². The Hall–Kier alpha value is -1.67. The van der Waals surface area contributed by atoms with Crippen molar-refractivity contribution in [3.05, 3.63) is 18.3 Å². The van der Waals surface area contributed by atoms with Crippen molar-refractivity contribution in [2.45, 2.75) is 30.2 Å². The van der Waals surface area contributed by atoms with Gasteiger partial charge in [0, 0.05) is 39.3 Å². The Labute approximate surface area is 124 Å². The lowest BCUT2D eigenvalue weighted by Crippen LogP contribution is -2.27. The van der Waals surface area contributed by atoms with Crippen molar-refractivity contribution in [1.29, 1.82) is 0 Å². The molecule has 1 aliphatic rings. The molecule has 8 heteroatoms. The van der Waals surface area contributed by atoms with Gasteiger partial charge in [-0.2, -0.15) is 0 Å². The van der Waals surface area contributed by atoms with Gasteiger partial charge in [0.15, 0.2) is 0 Å². The number of hydrogen-bond acceptors (Lipinski definition) is 5. The van der Waals surface area contributed by atoms with Crippen molar-refractivity contribution in [3.63, 3.8) is 0 Å². The molecule has 0 aliphatic heterocycles. The fraction of sp³-hybridized carbons (Fsp3) is 0.538. The van der Waals surface area contributed by atoms with Gasteiger partial charge in [0.25, 0.3) is 0 Å². The SMILES string of the molecule is CN(C)S(=O)(=O)c1ccc(NCCC(=O)NC2CC2)nc1. The van der Waals surface area contributed by atoms with Gasteiger partial charge in [0.2, 0.25) is 15.9 Å². The first-order valence-corrected chi connectivity index (χ1v) is 8.25. The Kier molecular flexibility index (Phi) is 4.79. The minimum atomic E-state index is -3.46. The molecule has 1 heterocycles. The molecule has 21 heavy (non-hydrogen) atoms. The molecule has 2 N–H and O–H groups in total. The Morgan fingerprint density at radius 1 is 1.38 bits per heavy atom. The number of anilines is 1. The van der Waals surface area contributed by atoms with E-state index >= 15 is 0 Å². The molecule has 1 fully saturated rings. The molecule has 1 aliphatic carbocycles. The maximum absolute atomic E-state index is 11.9. The number of amides is 1. The van der Waals surface area contributed by atoms with Gasteiger partial charge < -0.3 is 10.6 Å². The average molecular weight is 312 g/mol. The average Bonchev–Trinajstić information content (AvgIpc) is 3.23. The van der Waals surface area contributed by atoms with Crippen LogP contribution in [-0.2, 0) is 14.8 Å². The fourth-order valence-electron chi connectivity index (χ4n) is 1.68. The highest BCUT2D eigenvalue weighted by Gasteiger charge is 2.22. The van der Waals surface area contributed by atoms with E-state index in [2.05, 4.69) is 15.6 Å². The molecule has 0 saturated heterocycles. The summed E-state index contributed by atoms with van der Waals surface area (Å²) >= 11 is 0. The van der Waals surface area contributed by atoms with E-state index in [1.165, 1.54) is 26.4 Å². The number of nitrogens with zero attached hydrogens (tertiary/aromatic N) is 2. The summed E-state index contributed by atoms with van der Waals surface area (Å²) in [5, 5.41) is 5.89.